The van der Waals surface area contributed by atoms with Gasteiger partial charge < -0.3 is 5.73 Å². The molecule has 0 atom stereocenters. The van der Waals surface area contributed by atoms with E-state index in [-0.39, 0.29) is 11.0 Å². The lowest BCUT2D eigenvalue weighted by atomic mass is 10.2. The minimum atomic E-state index is -0.199. The fourth-order valence-corrected chi connectivity index (χ4v) is 2.74. The van der Waals surface area contributed by atoms with Crippen molar-refractivity contribution in [3.8, 4) is 0 Å². The highest BCUT2D eigenvalue weighted by atomic mass is 32.1. The number of amides is 1. The molecule has 0 aliphatic heterocycles. The Balaban J connectivity index is 2.05. The van der Waals surface area contributed by atoms with Crippen LogP contribution in [0.2, 0.25) is 0 Å². The number of thiophene rings is 1. The molecule has 0 saturated carbocycles. The molecule has 4 nitrogen and oxygen atoms in total. The molecule has 0 aliphatic carbocycles. The highest BCUT2D eigenvalue weighted by Crippen LogP contribution is 2.15. The molecule has 1 aromatic heterocycles. The number of carbonyl (C=O) groups is 1. The fraction of sp³-hybridized carbons (Fsp3) is 0.200. The Morgan fingerprint density at radius 2 is 2.10 bits per heavy atom. The maximum absolute atomic E-state index is 12.2. The Hall–Kier alpha value is -1.92. The number of thiocarbonyl (C=S) groups is 1. The fourth-order valence-electron chi connectivity index (χ4n) is 1.81. The van der Waals surface area contributed by atoms with Gasteiger partial charge in [-0.2, -0.15) is 0 Å². The van der Waals surface area contributed by atoms with E-state index < -0.39 is 0 Å². The molecule has 2 rings (SSSR count). The van der Waals surface area contributed by atoms with Gasteiger partial charge in [0.1, 0.15) is 0 Å². The predicted molar refractivity (Wildman–Crippen MR) is 89.9 cm³/mol. The second-order valence-corrected chi connectivity index (χ2v) is 5.92. The van der Waals surface area contributed by atoms with E-state index in [4.69, 9.17) is 18.0 Å². The predicted octanol–water partition coefficient (Wildman–Crippen LogP) is 2.70. The van der Waals surface area contributed by atoms with Crippen molar-refractivity contribution in [3.63, 3.8) is 0 Å². The summed E-state index contributed by atoms with van der Waals surface area (Å²) in [6, 6.07) is 11.6. The van der Waals surface area contributed by atoms with Crippen molar-refractivity contribution >= 4 is 34.6 Å². The van der Waals surface area contributed by atoms with Gasteiger partial charge >= 0.3 is 0 Å². The smallest absolute Gasteiger partial charge is 0.270 e. The molecule has 6 heteroatoms. The number of aryl methyl sites for hydroxylation is 1. The number of carbonyl (C=O) groups excluding carboxylic acids is 1. The Bertz CT molecular complexity index is 625. The van der Waals surface area contributed by atoms with E-state index in [0.717, 1.165) is 12.0 Å². The number of hydrogen-bond acceptors (Lipinski definition) is 3. The van der Waals surface area contributed by atoms with E-state index in [9.17, 15) is 4.79 Å². The average molecular weight is 319 g/mol. The zero-order chi connectivity index (χ0) is 15.2. The first-order valence-electron chi connectivity index (χ1n) is 6.59. The van der Waals surface area contributed by atoms with Crippen molar-refractivity contribution < 1.29 is 4.79 Å². The molecule has 0 fully saturated rings. The van der Waals surface area contributed by atoms with Crippen LogP contribution in [0.15, 0.2) is 41.8 Å². The summed E-state index contributed by atoms with van der Waals surface area (Å²) in [5, 5.41) is 3.46. The summed E-state index contributed by atoms with van der Waals surface area (Å²) in [5.41, 5.74) is 10.1. The van der Waals surface area contributed by atoms with E-state index in [1.165, 1.54) is 9.89 Å². The number of nitrogens with one attached hydrogen (secondary N) is 1. The van der Waals surface area contributed by atoms with Crippen molar-refractivity contribution in [3.05, 3.63) is 57.8 Å². The monoisotopic (exact) mass is 319 g/mol. The average Bonchev–Trinajstić information content (AvgIpc) is 2.96. The molecule has 3 N–H and O–H groups in total. The number of nitrogens with zero attached hydrogens (tertiary/aromatic N) is 1. The molecular weight excluding hydrogens is 302 g/mol. The van der Waals surface area contributed by atoms with E-state index in [1.54, 1.807) is 11.3 Å². The molecule has 1 amide bonds. The Labute approximate surface area is 133 Å². The van der Waals surface area contributed by atoms with Crippen LogP contribution in [0.3, 0.4) is 0 Å². The minimum Gasteiger partial charge on any atom is -0.375 e. The summed E-state index contributed by atoms with van der Waals surface area (Å²) in [4.78, 5) is 13.4. The van der Waals surface area contributed by atoms with Crippen LogP contribution in [0.5, 0.6) is 0 Å². The van der Waals surface area contributed by atoms with E-state index in [1.807, 2.05) is 41.8 Å². The number of rotatable bonds is 4. The third kappa shape index (κ3) is 4.27. The Kier molecular flexibility index (Phi) is 5.30. The molecule has 110 valence electrons. The number of hydrazine groups is 1. The summed E-state index contributed by atoms with van der Waals surface area (Å²) < 4.78 is 0. The van der Waals surface area contributed by atoms with Crippen LogP contribution in [-0.2, 0) is 13.0 Å². The lowest BCUT2D eigenvalue weighted by Gasteiger charge is -2.23. The molecular formula is C15H17N3OS2. The number of benzene rings is 1. The van der Waals surface area contributed by atoms with Crippen molar-refractivity contribution in [2.45, 2.75) is 19.9 Å². The first kappa shape index (κ1) is 15.5. The first-order chi connectivity index (χ1) is 10.1. The van der Waals surface area contributed by atoms with Gasteiger partial charge in [0.15, 0.2) is 5.11 Å². The van der Waals surface area contributed by atoms with Gasteiger partial charge in [-0.05, 0) is 30.3 Å². The summed E-state index contributed by atoms with van der Waals surface area (Å²) >= 11 is 6.58. The highest BCUT2D eigenvalue weighted by molar-refractivity contribution is 7.80. The molecule has 0 aliphatic rings. The van der Waals surface area contributed by atoms with Gasteiger partial charge in [0.25, 0.3) is 5.91 Å². The molecule has 1 aromatic carbocycles. The maximum Gasteiger partial charge on any atom is 0.270 e. The molecule has 1 heterocycles. The SMILES string of the molecule is CCc1cc(C(=O)NN(Cc2ccccc2)C(N)=S)cs1. The van der Waals surface area contributed by atoms with Crippen LogP contribution >= 0.6 is 23.6 Å². The molecule has 0 radical (unpaired) electrons. The van der Waals surface area contributed by atoms with Crippen LogP contribution in [0.25, 0.3) is 0 Å². The van der Waals surface area contributed by atoms with Gasteiger partial charge in [0.05, 0.1) is 12.1 Å². The van der Waals surface area contributed by atoms with Crippen molar-refractivity contribution in [2.24, 2.45) is 5.73 Å². The van der Waals surface area contributed by atoms with E-state index in [0.29, 0.717) is 12.1 Å². The van der Waals surface area contributed by atoms with Gasteiger partial charge in [-0.1, -0.05) is 37.3 Å². The van der Waals surface area contributed by atoms with E-state index in [2.05, 4.69) is 12.3 Å². The standard InChI is InChI=1S/C15H17N3OS2/c1-2-13-8-12(10-21-13)14(19)17-18(15(16)20)9-11-6-4-3-5-7-11/h3-8,10H,2,9H2,1H3,(H2,16,20)(H,17,19). The molecule has 0 saturated heterocycles. The van der Waals surface area contributed by atoms with Crippen LogP contribution in [-0.4, -0.2) is 16.0 Å². The summed E-state index contributed by atoms with van der Waals surface area (Å²) in [5.74, 6) is -0.199. The highest BCUT2D eigenvalue weighted by Gasteiger charge is 2.14. The van der Waals surface area contributed by atoms with Crippen molar-refractivity contribution in [1.29, 1.82) is 0 Å². The second kappa shape index (κ2) is 7.19. The first-order valence-corrected chi connectivity index (χ1v) is 7.88. The Morgan fingerprint density at radius 3 is 2.67 bits per heavy atom. The Morgan fingerprint density at radius 1 is 1.38 bits per heavy atom. The lowest BCUT2D eigenvalue weighted by Crippen LogP contribution is -2.48. The van der Waals surface area contributed by atoms with Gasteiger partial charge in [0, 0.05) is 10.3 Å². The normalized spacial score (nSPS) is 10.1. The molecule has 0 bridgehead atoms. The van der Waals surface area contributed by atoms with Crippen molar-refractivity contribution in [2.75, 3.05) is 0 Å². The third-order valence-electron chi connectivity index (χ3n) is 2.95. The zero-order valence-corrected chi connectivity index (χ0v) is 13.3. The number of hydrogen-bond donors (Lipinski definition) is 2. The third-order valence-corrected chi connectivity index (χ3v) is 4.25. The lowest BCUT2D eigenvalue weighted by molar-refractivity contribution is 0.0866. The summed E-state index contributed by atoms with van der Waals surface area (Å²) in [7, 11) is 0. The second-order valence-electron chi connectivity index (χ2n) is 4.51. The topological polar surface area (TPSA) is 58.4 Å². The number of nitrogens with two attached hydrogens (primary N) is 1. The van der Waals surface area contributed by atoms with Gasteiger partial charge in [-0.15, -0.1) is 11.3 Å². The van der Waals surface area contributed by atoms with Crippen LogP contribution in [0.4, 0.5) is 0 Å². The van der Waals surface area contributed by atoms with Gasteiger partial charge in [0.2, 0.25) is 0 Å². The van der Waals surface area contributed by atoms with Gasteiger partial charge in [-0.3, -0.25) is 15.2 Å². The molecule has 2 aromatic rings. The quantitative estimate of drug-likeness (QED) is 0.672. The zero-order valence-electron chi connectivity index (χ0n) is 11.7. The largest absolute Gasteiger partial charge is 0.375 e. The van der Waals surface area contributed by atoms with Crippen LogP contribution in [0, 0.1) is 0 Å². The molecule has 21 heavy (non-hydrogen) atoms. The van der Waals surface area contributed by atoms with E-state index >= 15 is 0 Å². The maximum atomic E-state index is 12.2. The summed E-state index contributed by atoms with van der Waals surface area (Å²) in [6.07, 6.45) is 0.918. The van der Waals surface area contributed by atoms with Crippen LogP contribution in [0.1, 0.15) is 27.7 Å². The molecule has 0 unspecified atom stereocenters. The molecule has 0 spiro atoms. The van der Waals surface area contributed by atoms with Crippen molar-refractivity contribution in [1.82, 2.24) is 10.4 Å². The minimum absolute atomic E-state index is 0.137. The summed E-state index contributed by atoms with van der Waals surface area (Å²) in [6.45, 7) is 2.50. The van der Waals surface area contributed by atoms with Gasteiger partial charge in [-0.25, -0.2) is 0 Å². The van der Waals surface area contributed by atoms with Crippen LogP contribution < -0.4 is 11.2 Å².